The van der Waals surface area contributed by atoms with E-state index in [0.29, 0.717) is 5.88 Å². The lowest BCUT2D eigenvalue weighted by Crippen LogP contribution is -2.56. The molecule has 0 heterocycles. The van der Waals surface area contributed by atoms with E-state index in [-0.39, 0.29) is 0 Å². The molecule has 0 saturated heterocycles. The number of hydrogen-bond donors (Lipinski definition) is 0. The summed E-state index contributed by atoms with van der Waals surface area (Å²) in [7, 11) is 2.14. The highest BCUT2D eigenvalue weighted by Crippen LogP contribution is 2.12. The molecule has 0 atom stereocenters. The van der Waals surface area contributed by atoms with Crippen LogP contribution in [0.3, 0.4) is 0 Å². The second kappa shape index (κ2) is 7.13. The zero-order valence-electron chi connectivity index (χ0n) is 10.5. The van der Waals surface area contributed by atoms with E-state index in [4.69, 9.17) is 24.9 Å². The van der Waals surface area contributed by atoms with Gasteiger partial charge in [0.1, 0.15) is 0 Å². The smallest absolute Gasteiger partial charge is 0.373 e. The highest BCUT2D eigenvalue weighted by Gasteiger charge is 2.42. The normalized spacial score (nSPS) is 11.8. The lowest BCUT2D eigenvalue weighted by Gasteiger charge is -2.26. The first-order valence-corrected chi connectivity index (χ1v) is 7.79. The van der Waals surface area contributed by atoms with Crippen LogP contribution < -0.4 is 5.19 Å². The van der Waals surface area contributed by atoms with Crippen LogP contribution in [0.2, 0.25) is 0 Å². The molecule has 17 heavy (non-hydrogen) atoms. The molecule has 1 rings (SSSR count). The molecule has 0 aliphatic rings. The minimum Gasteiger partial charge on any atom is -0.373 e. The molecule has 0 aliphatic heterocycles. The van der Waals surface area contributed by atoms with Gasteiger partial charge in [-0.1, -0.05) is 24.3 Å². The minimum atomic E-state index is -2.73. The summed E-state index contributed by atoms with van der Waals surface area (Å²) in [6.45, 7) is 0. The Morgan fingerprint density at radius 3 is 2.18 bits per heavy atom. The van der Waals surface area contributed by atoms with E-state index >= 15 is 0 Å². The Morgan fingerprint density at radius 1 is 1.06 bits per heavy atom. The van der Waals surface area contributed by atoms with Gasteiger partial charge >= 0.3 is 8.80 Å². The summed E-state index contributed by atoms with van der Waals surface area (Å²) in [6, 6.07) is 8.05. The van der Waals surface area contributed by atoms with Gasteiger partial charge in [-0.2, -0.15) is 0 Å². The summed E-state index contributed by atoms with van der Waals surface area (Å²) in [5, 5.41) is 1.03. The van der Waals surface area contributed by atoms with Crippen LogP contribution in [0.15, 0.2) is 24.3 Å². The number of aryl methyl sites for hydroxylation is 1. The fraction of sp³-hybridized carbons (Fsp3) is 0.500. The van der Waals surface area contributed by atoms with Gasteiger partial charge in [0.15, 0.2) is 0 Å². The maximum Gasteiger partial charge on any atom is 0.536 e. The van der Waals surface area contributed by atoms with Gasteiger partial charge in [0.25, 0.3) is 0 Å². The Balaban J connectivity index is 3.09. The molecule has 0 N–H and O–H groups in total. The molecule has 0 bridgehead atoms. The third kappa shape index (κ3) is 3.30. The maximum absolute atomic E-state index is 5.74. The van der Waals surface area contributed by atoms with Crippen LogP contribution in [0.1, 0.15) is 12.0 Å². The first-order chi connectivity index (χ1) is 8.24. The second-order valence-electron chi connectivity index (χ2n) is 3.62. The van der Waals surface area contributed by atoms with E-state index in [1.165, 1.54) is 5.56 Å². The van der Waals surface area contributed by atoms with Crippen molar-refractivity contribution in [2.45, 2.75) is 12.8 Å². The van der Waals surface area contributed by atoms with Crippen molar-refractivity contribution >= 4 is 25.6 Å². The quantitative estimate of drug-likeness (QED) is 0.562. The first kappa shape index (κ1) is 14.7. The molecule has 1 aromatic rings. The average molecular weight is 275 g/mol. The van der Waals surface area contributed by atoms with Crippen molar-refractivity contribution in [2.75, 3.05) is 27.2 Å². The van der Waals surface area contributed by atoms with Crippen molar-refractivity contribution in [3.63, 3.8) is 0 Å². The van der Waals surface area contributed by atoms with Crippen LogP contribution in [-0.2, 0) is 19.7 Å². The Bertz CT molecular complexity index is 334. The molecule has 5 heteroatoms. The van der Waals surface area contributed by atoms with Crippen molar-refractivity contribution in [2.24, 2.45) is 0 Å². The lowest BCUT2D eigenvalue weighted by molar-refractivity contribution is 0.140. The zero-order chi connectivity index (χ0) is 12.7. The molecule has 0 unspecified atom stereocenters. The van der Waals surface area contributed by atoms with Crippen molar-refractivity contribution in [3.8, 4) is 0 Å². The van der Waals surface area contributed by atoms with E-state index in [1.807, 2.05) is 18.2 Å². The number of benzene rings is 1. The standard InChI is InChI=1S/C12H19ClO3Si/c1-14-17(15-2,16-3)12-9-5-4-7-11(12)8-6-10-13/h4-5,7,9H,6,8,10H2,1-3H3. The predicted octanol–water partition coefficient (Wildman–Crippen LogP) is 1.94. The summed E-state index contributed by atoms with van der Waals surface area (Å²) in [5.74, 6) is 0.649. The van der Waals surface area contributed by atoms with Crippen LogP contribution in [0.25, 0.3) is 0 Å². The van der Waals surface area contributed by atoms with E-state index in [1.54, 1.807) is 21.3 Å². The highest BCUT2D eigenvalue weighted by atomic mass is 35.5. The third-order valence-corrected chi connectivity index (χ3v) is 5.76. The highest BCUT2D eigenvalue weighted by molar-refractivity contribution is 6.75. The largest absolute Gasteiger partial charge is 0.536 e. The predicted molar refractivity (Wildman–Crippen MR) is 71.9 cm³/mol. The SMILES string of the molecule is CO[Si](OC)(OC)c1ccccc1CCCCl. The summed E-state index contributed by atoms with van der Waals surface area (Å²) >= 11 is 5.74. The van der Waals surface area contributed by atoms with Crippen molar-refractivity contribution in [1.29, 1.82) is 0 Å². The molecule has 0 radical (unpaired) electrons. The molecular formula is C12H19ClO3Si. The minimum absolute atomic E-state index is 0.649. The van der Waals surface area contributed by atoms with E-state index in [9.17, 15) is 0 Å². The van der Waals surface area contributed by atoms with Gasteiger partial charge in [0.05, 0.1) is 0 Å². The van der Waals surface area contributed by atoms with Gasteiger partial charge in [0.2, 0.25) is 0 Å². The van der Waals surface area contributed by atoms with Gasteiger partial charge in [-0.25, -0.2) is 0 Å². The third-order valence-electron chi connectivity index (χ3n) is 2.73. The van der Waals surface area contributed by atoms with Crippen LogP contribution in [0.4, 0.5) is 0 Å². The van der Waals surface area contributed by atoms with Gasteiger partial charge in [0, 0.05) is 32.4 Å². The van der Waals surface area contributed by atoms with Crippen LogP contribution in [-0.4, -0.2) is 36.0 Å². The van der Waals surface area contributed by atoms with Crippen molar-refractivity contribution in [1.82, 2.24) is 0 Å². The molecule has 3 nitrogen and oxygen atoms in total. The van der Waals surface area contributed by atoms with Crippen LogP contribution >= 0.6 is 11.6 Å². The van der Waals surface area contributed by atoms with E-state index in [0.717, 1.165) is 18.0 Å². The molecule has 1 aromatic carbocycles. The molecule has 96 valence electrons. The number of hydrogen-bond acceptors (Lipinski definition) is 3. The fourth-order valence-electron chi connectivity index (χ4n) is 1.87. The van der Waals surface area contributed by atoms with Gasteiger partial charge in [-0.05, 0) is 18.4 Å². The van der Waals surface area contributed by atoms with Gasteiger partial charge in [-0.3, -0.25) is 0 Å². The summed E-state index contributed by atoms with van der Waals surface area (Å²) < 4.78 is 16.5. The van der Waals surface area contributed by atoms with Crippen molar-refractivity contribution in [3.05, 3.63) is 29.8 Å². The number of alkyl halides is 1. The Hall–Kier alpha value is -0.393. The number of rotatable bonds is 7. The monoisotopic (exact) mass is 274 g/mol. The van der Waals surface area contributed by atoms with E-state index in [2.05, 4.69) is 6.07 Å². The molecule has 0 amide bonds. The molecule has 0 aliphatic carbocycles. The Kier molecular flexibility index (Phi) is 6.15. The maximum atomic E-state index is 5.74. The molecule has 0 aromatic heterocycles. The topological polar surface area (TPSA) is 27.7 Å². The Labute approximate surface area is 109 Å². The second-order valence-corrected chi connectivity index (χ2v) is 6.87. The molecule has 0 fully saturated rings. The lowest BCUT2D eigenvalue weighted by atomic mass is 10.1. The van der Waals surface area contributed by atoms with Crippen LogP contribution in [0, 0.1) is 0 Å². The molecule has 0 saturated carbocycles. The fourth-order valence-corrected chi connectivity index (χ4v) is 4.07. The zero-order valence-corrected chi connectivity index (χ0v) is 12.3. The summed E-state index contributed by atoms with van der Waals surface area (Å²) in [6.07, 6.45) is 1.84. The molecular weight excluding hydrogens is 256 g/mol. The first-order valence-electron chi connectivity index (χ1n) is 5.54. The van der Waals surface area contributed by atoms with Crippen LogP contribution in [0.5, 0.6) is 0 Å². The van der Waals surface area contributed by atoms with E-state index < -0.39 is 8.80 Å². The van der Waals surface area contributed by atoms with Gasteiger partial charge in [-0.15, -0.1) is 11.6 Å². The average Bonchev–Trinajstić information content (AvgIpc) is 2.40. The molecule has 0 spiro atoms. The number of halogens is 1. The Morgan fingerprint density at radius 2 is 1.65 bits per heavy atom. The summed E-state index contributed by atoms with van der Waals surface area (Å²) in [5.41, 5.74) is 1.19. The van der Waals surface area contributed by atoms with Gasteiger partial charge < -0.3 is 13.3 Å². The summed E-state index contributed by atoms with van der Waals surface area (Å²) in [4.78, 5) is 0. The van der Waals surface area contributed by atoms with Crippen molar-refractivity contribution < 1.29 is 13.3 Å².